The molecule has 0 amide bonds. The first-order valence-electron chi connectivity index (χ1n) is 7.04. The summed E-state index contributed by atoms with van der Waals surface area (Å²) in [5, 5.41) is 13.5. The molecule has 3 rings (SSSR count). The Morgan fingerprint density at radius 2 is 2.25 bits per heavy atom. The molecule has 0 saturated heterocycles. The highest BCUT2D eigenvalue weighted by atomic mass is 16.4. The summed E-state index contributed by atoms with van der Waals surface area (Å²) in [6, 6.07) is 3.70. The number of carbonyl (C=O) groups is 1. The first kappa shape index (κ1) is 13.0. The van der Waals surface area contributed by atoms with Gasteiger partial charge in [0, 0.05) is 12.7 Å². The molecule has 0 aliphatic heterocycles. The van der Waals surface area contributed by atoms with E-state index in [1.54, 1.807) is 12.5 Å². The Labute approximate surface area is 117 Å². The van der Waals surface area contributed by atoms with E-state index in [0.717, 1.165) is 42.5 Å². The maximum atomic E-state index is 11.3. The maximum Gasteiger partial charge on any atom is 0.306 e. The number of carboxylic acids is 1. The van der Waals surface area contributed by atoms with Crippen LogP contribution >= 0.6 is 0 Å². The Bertz CT molecular complexity index is 608. The average molecular weight is 274 g/mol. The molecule has 0 spiro atoms. The van der Waals surface area contributed by atoms with Gasteiger partial charge in [0.1, 0.15) is 11.4 Å². The van der Waals surface area contributed by atoms with Crippen LogP contribution in [0.3, 0.4) is 0 Å². The Hall–Kier alpha value is -2.04. The lowest BCUT2D eigenvalue weighted by Crippen LogP contribution is -2.31. The van der Waals surface area contributed by atoms with Crippen molar-refractivity contribution in [2.75, 3.05) is 11.9 Å². The van der Waals surface area contributed by atoms with Gasteiger partial charge in [-0.1, -0.05) is 12.8 Å². The second kappa shape index (κ2) is 5.53. The topological polar surface area (TPSA) is 75.4 Å². The molecule has 0 aromatic carbocycles. The van der Waals surface area contributed by atoms with E-state index in [0.29, 0.717) is 6.54 Å². The number of aliphatic carboxylic acids is 1. The van der Waals surface area contributed by atoms with Crippen LogP contribution in [0.5, 0.6) is 0 Å². The van der Waals surface area contributed by atoms with Crippen molar-refractivity contribution in [3.63, 3.8) is 0 Å². The van der Waals surface area contributed by atoms with Crippen molar-refractivity contribution in [3.05, 3.63) is 24.6 Å². The summed E-state index contributed by atoms with van der Waals surface area (Å²) >= 11 is 0. The van der Waals surface area contributed by atoms with Crippen molar-refractivity contribution >= 4 is 22.8 Å². The predicted octanol–water partition coefficient (Wildman–Crippen LogP) is 3.13. The zero-order valence-electron chi connectivity index (χ0n) is 11.2. The maximum absolute atomic E-state index is 11.3. The molecular weight excluding hydrogens is 256 g/mol. The molecule has 0 radical (unpaired) electrons. The van der Waals surface area contributed by atoms with E-state index >= 15 is 0 Å². The van der Waals surface area contributed by atoms with Gasteiger partial charge in [0.25, 0.3) is 0 Å². The number of anilines is 1. The quantitative estimate of drug-likeness (QED) is 0.895. The second-order valence-electron chi connectivity index (χ2n) is 5.36. The molecule has 5 heteroatoms. The molecule has 2 N–H and O–H groups in total. The number of aromatic nitrogens is 1. The van der Waals surface area contributed by atoms with Gasteiger partial charge in [-0.3, -0.25) is 4.79 Å². The lowest BCUT2D eigenvalue weighted by Gasteiger charge is -2.28. The average Bonchev–Trinajstić information content (AvgIpc) is 2.94. The van der Waals surface area contributed by atoms with Crippen molar-refractivity contribution in [3.8, 4) is 0 Å². The van der Waals surface area contributed by atoms with E-state index in [4.69, 9.17) is 4.42 Å². The van der Waals surface area contributed by atoms with Crippen molar-refractivity contribution in [2.24, 2.45) is 11.8 Å². The molecule has 0 bridgehead atoms. The second-order valence-corrected chi connectivity index (χ2v) is 5.36. The van der Waals surface area contributed by atoms with Crippen LogP contribution in [-0.4, -0.2) is 22.6 Å². The molecule has 2 heterocycles. The predicted molar refractivity (Wildman–Crippen MR) is 75.6 cm³/mol. The van der Waals surface area contributed by atoms with E-state index in [1.807, 2.05) is 12.1 Å². The van der Waals surface area contributed by atoms with E-state index in [2.05, 4.69) is 10.3 Å². The number of furan rings is 1. The molecule has 1 saturated carbocycles. The monoisotopic (exact) mass is 274 g/mol. The third-order valence-electron chi connectivity index (χ3n) is 4.14. The van der Waals surface area contributed by atoms with Crippen LogP contribution in [0.2, 0.25) is 0 Å². The third kappa shape index (κ3) is 2.48. The first-order valence-corrected chi connectivity index (χ1v) is 7.04. The largest absolute Gasteiger partial charge is 0.481 e. The van der Waals surface area contributed by atoms with Crippen molar-refractivity contribution in [1.29, 1.82) is 0 Å². The molecular formula is C15H18N2O3. The molecule has 1 aliphatic rings. The first-order chi connectivity index (χ1) is 9.75. The van der Waals surface area contributed by atoms with Crippen LogP contribution in [0.15, 0.2) is 29.0 Å². The molecule has 2 aromatic heterocycles. The summed E-state index contributed by atoms with van der Waals surface area (Å²) < 4.78 is 5.34. The minimum absolute atomic E-state index is 0.171. The third-order valence-corrected chi connectivity index (χ3v) is 4.14. The molecule has 5 nitrogen and oxygen atoms in total. The van der Waals surface area contributed by atoms with Crippen molar-refractivity contribution in [2.45, 2.75) is 25.7 Å². The summed E-state index contributed by atoms with van der Waals surface area (Å²) in [6.45, 7) is 0.647. The fourth-order valence-corrected chi connectivity index (χ4v) is 3.04. The lowest BCUT2D eigenvalue weighted by molar-refractivity contribution is -0.144. The number of fused-ring (bicyclic) bond motifs is 1. The van der Waals surface area contributed by atoms with Crippen molar-refractivity contribution in [1.82, 2.24) is 4.98 Å². The van der Waals surface area contributed by atoms with Gasteiger partial charge in [0.2, 0.25) is 0 Å². The Kier molecular flexibility index (Phi) is 3.58. The Balaban J connectivity index is 1.72. The van der Waals surface area contributed by atoms with E-state index < -0.39 is 5.97 Å². The van der Waals surface area contributed by atoms with Gasteiger partial charge in [0.05, 0.1) is 17.6 Å². The smallest absolute Gasteiger partial charge is 0.306 e. The van der Waals surface area contributed by atoms with Crippen LogP contribution in [0.4, 0.5) is 5.82 Å². The van der Waals surface area contributed by atoms with E-state index in [1.165, 1.54) is 0 Å². The highest BCUT2D eigenvalue weighted by Gasteiger charge is 2.30. The fourth-order valence-electron chi connectivity index (χ4n) is 3.04. The van der Waals surface area contributed by atoms with Crippen molar-refractivity contribution < 1.29 is 14.3 Å². The molecule has 2 atom stereocenters. The van der Waals surface area contributed by atoms with Crippen LogP contribution in [0.1, 0.15) is 25.7 Å². The van der Waals surface area contributed by atoms with Crippen LogP contribution < -0.4 is 5.32 Å². The summed E-state index contributed by atoms with van der Waals surface area (Å²) in [4.78, 5) is 15.6. The summed E-state index contributed by atoms with van der Waals surface area (Å²) in [5.74, 6) is 0.0296. The highest BCUT2D eigenvalue weighted by Crippen LogP contribution is 2.31. The van der Waals surface area contributed by atoms with Gasteiger partial charge in [-0.25, -0.2) is 4.98 Å². The van der Waals surface area contributed by atoms with Crippen LogP contribution in [0.25, 0.3) is 11.0 Å². The number of nitrogens with zero attached hydrogens (tertiary/aromatic N) is 1. The zero-order chi connectivity index (χ0) is 13.9. The van der Waals surface area contributed by atoms with E-state index in [-0.39, 0.29) is 11.8 Å². The SMILES string of the molecule is O=C(O)C1CCCCC1CNc1nccc2occc12. The molecule has 1 aliphatic carbocycles. The van der Waals surface area contributed by atoms with Gasteiger partial charge >= 0.3 is 5.97 Å². The highest BCUT2D eigenvalue weighted by molar-refractivity contribution is 5.87. The number of hydrogen-bond acceptors (Lipinski definition) is 4. The van der Waals surface area contributed by atoms with Gasteiger partial charge in [-0.05, 0) is 30.9 Å². The number of nitrogens with one attached hydrogen (secondary N) is 1. The Morgan fingerprint density at radius 3 is 3.10 bits per heavy atom. The molecule has 2 aromatic rings. The number of pyridine rings is 1. The van der Waals surface area contributed by atoms with Gasteiger partial charge in [-0.2, -0.15) is 0 Å². The minimum atomic E-state index is -0.675. The normalized spacial score (nSPS) is 22.8. The Morgan fingerprint density at radius 1 is 1.40 bits per heavy atom. The van der Waals surface area contributed by atoms with E-state index in [9.17, 15) is 9.90 Å². The molecule has 20 heavy (non-hydrogen) atoms. The minimum Gasteiger partial charge on any atom is -0.481 e. The van der Waals surface area contributed by atoms with Crippen LogP contribution in [-0.2, 0) is 4.79 Å². The number of carboxylic acid groups (broad SMARTS) is 1. The van der Waals surface area contributed by atoms with Gasteiger partial charge in [-0.15, -0.1) is 0 Å². The summed E-state index contributed by atoms with van der Waals surface area (Å²) in [7, 11) is 0. The summed E-state index contributed by atoms with van der Waals surface area (Å²) in [6.07, 6.45) is 7.21. The standard InChI is InChI=1S/C15H18N2O3/c18-15(19)11-4-2-1-3-10(11)9-17-14-12-6-8-20-13(12)5-7-16-14/h5-8,10-11H,1-4,9H2,(H,16,17)(H,18,19). The summed E-state index contributed by atoms with van der Waals surface area (Å²) in [5.41, 5.74) is 0.793. The fraction of sp³-hybridized carbons (Fsp3) is 0.467. The van der Waals surface area contributed by atoms with Crippen LogP contribution in [0, 0.1) is 11.8 Å². The molecule has 106 valence electrons. The van der Waals surface area contributed by atoms with Gasteiger partial charge < -0.3 is 14.8 Å². The molecule has 1 fully saturated rings. The molecule has 2 unspecified atom stereocenters. The lowest BCUT2D eigenvalue weighted by atomic mass is 9.79. The number of hydrogen-bond donors (Lipinski definition) is 2. The number of rotatable bonds is 4. The van der Waals surface area contributed by atoms with Gasteiger partial charge in [0.15, 0.2) is 0 Å². The zero-order valence-corrected chi connectivity index (χ0v) is 11.2.